The predicted octanol–water partition coefficient (Wildman–Crippen LogP) is -0.0665. The number of ether oxygens (including phenoxy) is 4. The first kappa shape index (κ1) is 53.6. The smallest absolute Gasteiger partial charge is 0.335 e. The maximum Gasteiger partial charge on any atom is 0.335 e. The van der Waals surface area contributed by atoms with Crippen molar-refractivity contribution < 1.29 is 95.4 Å². The summed E-state index contributed by atoms with van der Waals surface area (Å²) in [4.78, 5) is 51.3. The monoisotopic (exact) mass is 893 g/mol. The Morgan fingerprint density at radius 1 is 0.677 bits per heavy atom. The van der Waals surface area contributed by atoms with Gasteiger partial charge in [-0.3, -0.25) is 9.59 Å². The summed E-state index contributed by atoms with van der Waals surface area (Å²) in [6, 6.07) is 0. The Bertz CT molecular complexity index is 1740. The summed E-state index contributed by atoms with van der Waals surface area (Å²) in [6.07, 6.45) is -12.2. The van der Waals surface area contributed by atoms with Crippen LogP contribution >= 0.6 is 0 Å². The minimum absolute atomic E-state index is 0. The molecule has 2 aliphatic heterocycles. The van der Waals surface area contributed by atoms with Crippen molar-refractivity contribution in [2.45, 2.75) is 174 Å². The number of carboxylic acid groups (broad SMARTS) is 3. The molecule has 1 unspecified atom stereocenters. The van der Waals surface area contributed by atoms with Gasteiger partial charge in [-0.05, 0) is 110 Å². The maximum absolute atomic E-state index is 14.8. The number of rotatable bonds is 7. The van der Waals surface area contributed by atoms with Gasteiger partial charge in [0, 0.05) is 5.92 Å². The second kappa shape index (κ2) is 17.6. The summed E-state index contributed by atoms with van der Waals surface area (Å²) in [5, 5.41) is 83.0. The van der Waals surface area contributed by atoms with Gasteiger partial charge in [0.2, 0.25) is 0 Å². The van der Waals surface area contributed by atoms with Crippen LogP contribution in [0.3, 0.4) is 0 Å². The van der Waals surface area contributed by atoms with Crippen LogP contribution in [0, 0.1) is 50.2 Å². The molecule has 0 aromatic rings. The van der Waals surface area contributed by atoms with Crippen LogP contribution in [0.5, 0.6) is 0 Å². The zero-order chi connectivity index (χ0) is 42.9. The first-order valence-electron chi connectivity index (χ1n) is 20.7. The molecule has 0 bridgehead atoms. The molecule has 2 heterocycles. The highest BCUT2D eigenvalue weighted by Crippen LogP contribution is 2.75. The van der Waals surface area contributed by atoms with Crippen LogP contribution in [0.4, 0.5) is 0 Å². The van der Waals surface area contributed by atoms with Crippen LogP contribution in [0.1, 0.15) is 106 Å². The molecule has 0 spiro atoms. The molecule has 7 rings (SSSR count). The fourth-order valence-corrected chi connectivity index (χ4v) is 13.4. The fourth-order valence-electron chi connectivity index (χ4n) is 13.4. The largest absolute Gasteiger partial charge is 0.481 e. The number of carbonyl (C=O) groups excluding carboxylic acids is 1. The van der Waals surface area contributed by atoms with E-state index in [2.05, 4.69) is 27.7 Å². The van der Waals surface area contributed by atoms with Crippen molar-refractivity contribution in [3.8, 4) is 0 Å². The SMILES string of the molecule is CC1(C)[C@@H](OC2O[C@H](C(=O)O)[C@@H](O)[C@H](O)[C@H]2O[C@@H]2O[C@H](C(=O)O)[C@@H](O)[C@H](O)[C@H]2O)CC[C@]2(C)[C@H]3C(=O)C=C4[C@@H]5C[C@@](C)(C(=O)O)CC[C@]5(C)CC[C@@]4(C)[C@]3(C)CC[C@@H]12.N.O.O.O. The van der Waals surface area contributed by atoms with E-state index in [-0.39, 0.29) is 56.9 Å². The van der Waals surface area contributed by atoms with E-state index in [9.17, 15) is 60.0 Å². The van der Waals surface area contributed by atoms with E-state index in [0.29, 0.717) is 25.7 Å². The van der Waals surface area contributed by atoms with Crippen LogP contribution < -0.4 is 6.15 Å². The Morgan fingerprint density at radius 2 is 1.23 bits per heavy atom. The molecule has 0 aromatic heterocycles. The third-order valence-corrected chi connectivity index (χ3v) is 17.2. The van der Waals surface area contributed by atoms with Gasteiger partial charge in [0.05, 0.1) is 11.5 Å². The highest BCUT2D eigenvalue weighted by atomic mass is 16.8. The number of aliphatic hydroxyl groups excluding tert-OH is 5. The molecule has 20 heteroatoms. The molecule has 20 nitrogen and oxygen atoms in total. The first-order chi connectivity index (χ1) is 26.8. The molecule has 2 saturated heterocycles. The number of hydrogen-bond donors (Lipinski definition) is 9. The molecule has 0 aromatic carbocycles. The standard InChI is InChI=1S/C42H62O16.H3N.3H2O/c1-37(2)21-8-11-42(7)31(20(43)16-18-19-17-39(4,36(53)54)13-12-38(19,3)14-15-41(18,42)6)40(21,5)10-9-22(37)55-35-30(26(47)25(46)29(57-35)33(51)52)58-34-27(48)23(44)24(45)28(56-34)32(49)50;;;;/h16,19,21-31,34-35,44-48H,8-15,17H2,1-7H3,(H,49,50)(H,51,52)(H,53,54);1H3;3*1H2/t19-,21-,22-,23-,24-,25-,26-,27+,28-,29-,30+,31+,34-,35?,38+,39-,40-,41+,42+;;;;/m0..../s1. The van der Waals surface area contributed by atoms with Gasteiger partial charge in [-0.15, -0.1) is 0 Å². The number of allylic oxidation sites excluding steroid dienone is 2. The van der Waals surface area contributed by atoms with Crippen molar-refractivity contribution in [3.63, 3.8) is 0 Å². The van der Waals surface area contributed by atoms with Gasteiger partial charge in [-0.2, -0.15) is 0 Å². The van der Waals surface area contributed by atoms with E-state index in [1.807, 2.05) is 26.8 Å². The maximum atomic E-state index is 14.8. The Kier molecular flexibility index (Phi) is 15.2. The van der Waals surface area contributed by atoms with Crippen molar-refractivity contribution >= 4 is 23.7 Å². The number of aliphatic carboxylic acids is 3. The summed E-state index contributed by atoms with van der Waals surface area (Å²) in [6.45, 7) is 14.8. The fraction of sp³-hybridized carbons (Fsp3) is 0.857. The van der Waals surface area contributed by atoms with Crippen molar-refractivity contribution in [1.82, 2.24) is 6.15 Å². The summed E-state index contributed by atoms with van der Waals surface area (Å²) in [5.41, 5.74) is -1.81. The highest BCUT2D eigenvalue weighted by Gasteiger charge is 2.71. The average Bonchev–Trinajstić information content (AvgIpc) is 3.13. The number of hydrogen-bond acceptors (Lipinski definition) is 14. The molecular weight excluding hydrogens is 822 g/mol. The van der Waals surface area contributed by atoms with Gasteiger partial charge in [0.25, 0.3) is 0 Å². The van der Waals surface area contributed by atoms with Gasteiger partial charge < -0.3 is 82.4 Å². The molecule has 0 amide bonds. The molecule has 62 heavy (non-hydrogen) atoms. The van der Waals surface area contributed by atoms with Gasteiger partial charge >= 0.3 is 17.9 Å². The summed E-state index contributed by atoms with van der Waals surface area (Å²) >= 11 is 0. The van der Waals surface area contributed by atoms with Crippen LogP contribution in [0.15, 0.2) is 11.6 Å². The molecular formula is C42H71NO19. The van der Waals surface area contributed by atoms with Crippen LogP contribution in [-0.2, 0) is 38.1 Å². The lowest BCUT2D eigenvalue weighted by Crippen LogP contribution is -2.68. The van der Waals surface area contributed by atoms with Gasteiger partial charge in [0.1, 0.15) is 36.6 Å². The van der Waals surface area contributed by atoms with Gasteiger partial charge in [-0.25, -0.2) is 9.59 Å². The zero-order valence-electron chi connectivity index (χ0n) is 36.6. The van der Waals surface area contributed by atoms with E-state index in [0.717, 1.165) is 37.7 Å². The second-order valence-electron chi connectivity index (χ2n) is 20.6. The van der Waals surface area contributed by atoms with Crippen LogP contribution in [0.25, 0.3) is 0 Å². The van der Waals surface area contributed by atoms with Crippen molar-refractivity contribution in [1.29, 1.82) is 0 Å². The lowest BCUT2D eigenvalue weighted by Gasteiger charge is -2.70. The Hall–Kier alpha value is -2.70. The second-order valence-corrected chi connectivity index (χ2v) is 20.6. The summed E-state index contributed by atoms with van der Waals surface area (Å²) < 4.78 is 23.4. The first-order valence-corrected chi connectivity index (χ1v) is 20.7. The Morgan fingerprint density at radius 3 is 1.79 bits per heavy atom. The summed E-state index contributed by atoms with van der Waals surface area (Å²) in [5.74, 6) is -4.47. The predicted molar refractivity (Wildman–Crippen MR) is 215 cm³/mol. The van der Waals surface area contributed by atoms with Crippen LogP contribution in [-0.4, -0.2) is 148 Å². The number of aliphatic hydroxyl groups is 5. The Labute approximate surface area is 360 Å². The summed E-state index contributed by atoms with van der Waals surface area (Å²) in [7, 11) is 0. The van der Waals surface area contributed by atoms with E-state index < -0.39 is 107 Å². The van der Waals surface area contributed by atoms with Gasteiger partial charge in [0.15, 0.2) is 30.6 Å². The van der Waals surface area contributed by atoms with E-state index in [1.165, 1.54) is 0 Å². The molecule has 6 fully saturated rings. The minimum atomic E-state index is -2.05. The third-order valence-electron chi connectivity index (χ3n) is 17.2. The van der Waals surface area contributed by atoms with Crippen molar-refractivity contribution in [2.24, 2.45) is 50.2 Å². The minimum Gasteiger partial charge on any atom is -0.481 e. The molecule has 19 atom stereocenters. The number of carbonyl (C=O) groups is 4. The molecule has 7 aliphatic rings. The number of ketones is 1. The Balaban J connectivity index is 0.00000256. The molecule has 5 aliphatic carbocycles. The van der Waals surface area contributed by atoms with E-state index >= 15 is 0 Å². The van der Waals surface area contributed by atoms with Crippen molar-refractivity contribution in [3.05, 3.63) is 11.6 Å². The zero-order valence-corrected chi connectivity index (χ0v) is 36.6. The lowest BCUT2D eigenvalue weighted by molar-refractivity contribution is -0.371. The number of fused-ring (bicyclic) bond motifs is 7. The molecule has 0 radical (unpaired) electrons. The topological polar surface area (TPSA) is 397 Å². The normalized spacial score (nSPS) is 49.2. The van der Waals surface area contributed by atoms with Gasteiger partial charge in [-0.1, -0.05) is 47.1 Å². The molecule has 358 valence electrons. The third kappa shape index (κ3) is 7.73. The number of carboxylic acids is 3. The quantitative estimate of drug-likeness (QED) is 0.151. The average molecular weight is 894 g/mol. The lowest BCUT2D eigenvalue weighted by atomic mass is 9.33. The van der Waals surface area contributed by atoms with Crippen LogP contribution in [0.2, 0.25) is 0 Å². The van der Waals surface area contributed by atoms with Crippen molar-refractivity contribution in [2.75, 3.05) is 0 Å². The molecule has 4 saturated carbocycles. The molecule has 17 N–H and O–H groups in total. The van der Waals surface area contributed by atoms with E-state index in [1.54, 1.807) is 0 Å². The highest BCUT2D eigenvalue weighted by molar-refractivity contribution is 5.95. The van der Waals surface area contributed by atoms with E-state index in [4.69, 9.17) is 18.9 Å².